The van der Waals surface area contributed by atoms with Crippen LogP contribution in [0.4, 0.5) is 9.18 Å². The molecule has 0 aliphatic rings. The third-order valence-electron chi connectivity index (χ3n) is 5.15. The molecule has 0 aliphatic heterocycles. The Kier molecular flexibility index (Phi) is 5.77. The Bertz CT molecular complexity index is 1250. The summed E-state index contributed by atoms with van der Waals surface area (Å²) >= 11 is 0. The number of amides is 1. The Morgan fingerprint density at radius 2 is 1.94 bits per heavy atom. The highest BCUT2D eigenvalue weighted by Crippen LogP contribution is 2.32. The molecule has 0 radical (unpaired) electrons. The standard InChI is InChI=1S/C24H24FN5O/c1-16-13-18(6-8-21(16)25)23-20(5-4-10-26-23)17-7-9-22-19(14-17)15-28-30(22)24(31)27-11-12-29(2)3/h4-10,13-15H,11-12H2,1-3H3,(H,27,31). The molecule has 1 N–H and O–H groups in total. The van der Waals surface area contributed by atoms with Crippen molar-refractivity contribution in [1.82, 2.24) is 25.0 Å². The zero-order valence-electron chi connectivity index (χ0n) is 17.8. The van der Waals surface area contributed by atoms with Gasteiger partial charge < -0.3 is 10.2 Å². The number of rotatable bonds is 5. The van der Waals surface area contributed by atoms with Gasteiger partial charge in [-0.3, -0.25) is 4.98 Å². The van der Waals surface area contributed by atoms with Crippen molar-refractivity contribution in [2.75, 3.05) is 27.2 Å². The van der Waals surface area contributed by atoms with Crippen LogP contribution in [0.5, 0.6) is 0 Å². The van der Waals surface area contributed by atoms with Crippen LogP contribution in [0.25, 0.3) is 33.3 Å². The maximum Gasteiger partial charge on any atom is 0.342 e. The van der Waals surface area contributed by atoms with Crippen molar-refractivity contribution in [3.05, 3.63) is 72.3 Å². The van der Waals surface area contributed by atoms with Gasteiger partial charge in [0.2, 0.25) is 0 Å². The topological polar surface area (TPSA) is 63.1 Å². The maximum absolute atomic E-state index is 13.7. The lowest BCUT2D eigenvalue weighted by molar-refractivity contribution is 0.239. The Hall–Kier alpha value is -3.58. The largest absolute Gasteiger partial charge is 0.342 e. The van der Waals surface area contributed by atoms with Gasteiger partial charge >= 0.3 is 6.03 Å². The summed E-state index contributed by atoms with van der Waals surface area (Å²) in [6.45, 7) is 3.04. The Labute approximate surface area is 180 Å². The number of nitrogens with one attached hydrogen (secondary N) is 1. The summed E-state index contributed by atoms with van der Waals surface area (Å²) < 4.78 is 15.1. The van der Waals surface area contributed by atoms with Gasteiger partial charge in [0.25, 0.3) is 0 Å². The molecule has 0 spiro atoms. The zero-order valence-corrected chi connectivity index (χ0v) is 17.8. The number of fused-ring (bicyclic) bond motifs is 1. The monoisotopic (exact) mass is 417 g/mol. The van der Waals surface area contributed by atoms with E-state index in [4.69, 9.17) is 0 Å². The molecule has 7 heteroatoms. The van der Waals surface area contributed by atoms with Crippen molar-refractivity contribution in [3.8, 4) is 22.4 Å². The van der Waals surface area contributed by atoms with Crippen LogP contribution in [0.3, 0.4) is 0 Å². The Morgan fingerprint density at radius 3 is 2.71 bits per heavy atom. The van der Waals surface area contributed by atoms with Gasteiger partial charge in [0.1, 0.15) is 5.82 Å². The molecule has 158 valence electrons. The molecular weight excluding hydrogens is 393 g/mol. The molecule has 6 nitrogen and oxygen atoms in total. The van der Waals surface area contributed by atoms with Crippen LogP contribution in [-0.2, 0) is 0 Å². The molecule has 2 aromatic heterocycles. The van der Waals surface area contributed by atoms with E-state index >= 15 is 0 Å². The molecule has 1 amide bonds. The van der Waals surface area contributed by atoms with Gasteiger partial charge in [-0.25, -0.2) is 9.18 Å². The summed E-state index contributed by atoms with van der Waals surface area (Å²) in [5, 5.41) is 7.99. The third-order valence-corrected chi connectivity index (χ3v) is 5.15. The van der Waals surface area contributed by atoms with Crippen molar-refractivity contribution in [2.24, 2.45) is 0 Å². The first kappa shape index (κ1) is 20.7. The molecule has 0 saturated heterocycles. The van der Waals surface area contributed by atoms with E-state index < -0.39 is 0 Å². The number of halogens is 1. The average Bonchev–Trinajstić information content (AvgIpc) is 3.19. The number of carbonyl (C=O) groups excluding carboxylic acids is 1. The van der Waals surface area contributed by atoms with Gasteiger partial charge in [0, 0.05) is 35.8 Å². The fraction of sp³-hybridized carbons (Fsp3) is 0.208. The van der Waals surface area contributed by atoms with Crippen molar-refractivity contribution in [2.45, 2.75) is 6.92 Å². The van der Waals surface area contributed by atoms with E-state index in [-0.39, 0.29) is 11.8 Å². The lowest BCUT2D eigenvalue weighted by Gasteiger charge is -2.11. The van der Waals surface area contributed by atoms with Crippen LogP contribution in [0.1, 0.15) is 5.56 Å². The summed E-state index contributed by atoms with van der Waals surface area (Å²) in [5.74, 6) is -0.237. The van der Waals surface area contributed by atoms with Gasteiger partial charge in [-0.05, 0) is 68.5 Å². The number of aryl methyl sites for hydroxylation is 1. The van der Waals surface area contributed by atoms with Gasteiger partial charge in [0.15, 0.2) is 0 Å². The first-order valence-electron chi connectivity index (χ1n) is 10.1. The normalized spacial score (nSPS) is 11.3. The second-order valence-electron chi connectivity index (χ2n) is 7.73. The molecule has 2 aromatic carbocycles. The number of hydrogen-bond acceptors (Lipinski definition) is 4. The predicted octanol–water partition coefficient (Wildman–Crippen LogP) is 4.33. The highest BCUT2D eigenvalue weighted by atomic mass is 19.1. The van der Waals surface area contributed by atoms with Crippen molar-refractivity contribution >= 4 is 16.9 Å². The molecule has 0 bridgehead atoms. The van der Waals surface area contributed by atoms with Crippen LogP contribution in [0, 0.1) is 12.7 Å². The fourth-order valence-electron chi connectivity index (χ4n) is 3.48. The van der Waals surface area contributed by atoms with E-state index in [0.717, 1.165) is 39.8 Å². The smallest absolute Gasteiger partial charge is 0.335 e. The molecule has 31 heavy (non-hydrogen) atoms. The molecule has 2 heterocycles. The number of likely N-dealkylation sites (N-methyl/N-ethyl adjacent to an activating group) is 1. The number of benzene rings is 2. The summed E-state index contributed by atoms with van der Waals surface area (Å²) in [6, 6.07) is 14.4. The van der Waals surface area contributed by atoms with E-state index in [9.17, 15) is 9.18 Å². The average molecular weight is 417 g/mol. The van der Waals surface area contributed by atoms with E-state index in [1.165, 1.54) is 10.7 Å². The minimum atomic E-state index is -0.256. The highest BCUT2D eigenvalue weighted by Gasteiger charge is 2.14. The van der Waals surface area contributed by atoms with Crippen LogP contribution in [0.15, 0.2) is 60.9 Å². The molecule has 0 saturated carbocycles. The summed E-state index contributed by atoms with van der Waals surface area (Å²) in [6.07, 6.45) is 3.41. The molecule has 0 atom stereocenters. The van der Waals surface area contributed by atoms with E-state index in [1.807, 2.05) is 49.3 Å². The molecule has 4 rings (SSSR count). The number of pyridine rings is 1. The minimum absolute atomic E-state index is 0.237. The van der Waals surface area contributed by atoms with Crippen molar-refractivity contribution in [1.29, 1.82) is 0 Å². The molecule has 0 aliphatic carbocycles. The molecule has 0 fully saturated rings. The first-order valence-corrected chi connectivity index (χ1v) is 10.1. The lowest BCUT2D eigenvalue weighted by atomic mass is 9.97. The van der Waals surface area contributed by atoms with Crippen LogP contribution >= 0.6 is 0 Å². The van der Waals surface area contributed by atoms with Gasteiger partial charge in [-0.1, -0.05) is 12.1 Å². The van der Waals surface area contributed by atoms with E-state index in [2.05, 4.69) is 15.4 Å². The Morgan fingerprint density at radius 1 is 1.13 bits per heavy atom. The number of carbonyl (C=O) groups is 1. The van der Waals surface area contributed by atoms with Crippen LogP contribution in [-0.4, -0.2) is 52.9 Å². The third kappa shape index (κ3) is 4.32. The zero-order chi connectivity index (χ0) is 22.0. The predicted molar refractivity (Wildman–Crippen MR) is 120 cm³/mol. The second kappa shape index (κ2) is 8.65. The molecule has 0 unspecified atom stereocenters. The molecule has 4 aromatic rings. The lowest BCUT2D eigenvalue weighted by Crippen LogP contribution is -2.34. The van der Waals surface area contributed by atoms with Gasteiger partial charge in [-0.2, -0.15) is 9.78 Å². The first-order chi connectivity index (χ1) is 14.9. The van der Waals surface area contributed by atoms with Gasteiger partial charge in [-0.15, -0.1) is 0 Å². The SMILES string of the molecule is Cc1cc(-c2ncccc2-c2ccc3c(cnn3C(=O)NCCN(C)C)c2)ccc1F. The van der Waals surface area contributed by atoms with E-state index in [0.29, 0.717) is 12.1 Å². The van der Waals surface area contributed by atoms with Crippen molar-refractivity contribution in [3.63, 3.8) is 0 Å². The molecular formula is C24H24FN5O. The number of hydrogen-bond donors (Lipinski definition) is 1. The highest BCUT2D eigenvalue weighted by molar-refractivity contribution is 5.93. The van der Waals surface area contributed by atoms with Crippen molar-refractivity contribution < 1.29 is 9.18 Å². The second-order valence-corrected chi connectivity index (χ2v) is 7.73. The number of aromatic nitrogens is 3. The minimum Gasteiger partial charge on any atom is -0.335 e. The quantitative estimate of drug-likeness (QED) is 0.525. The summed E-state index contributed by atoms with van der Waals surface area (Å²) in [5.41, 5.74) is 4.81. The Balaban J connectivity index is 1.67. The van der Waals surface area contributed by atoms with Crippen LogP contribution in [0.2, 0.25) is 0 Å². The number of nitrogens with zero attached hydrogens (tertiary/aromatic N) is 4. The van der Waals surface area contributed by atoms with Crippen LogP contribution < -0.4 is 5.32 Å². The maximum atomic E-state index is 13.7. The summed E-state index contributed by atoms with van der Waals surface area (Å²) in [7, 11) is 3.91. The summed E-state index contributed by atoms with van der Waals surface area (Å²) in [4.78, 5) is 19.0. The van der Waals surface area contributed by atoms with Gasteiger partial charge in [0.05, 0.1) is 17.4 Å². The van der Waals surface area contributed by atoms with E-state index in [1.54, 1.807) is 31.5 Å². The fourth-order valence-corrected chi connectivity index (χ4v) is 3.48.